The Hall–Kier alpha value is -4.63. The Morgan fingerprint density at radius 1 is 0.775 bits per heavy atom. The van der Waals surface area contributed by atoms with Gasteiger partial charge in [-0.3, -0.25) is 10.00 Å². The molecular formula is C25H29N7O6S2. The van der Waals surface area contributed by atoms with Gasteiger partial charge in [-0.05, 0) is 32.0 Å². The molecule has 4 rings (SSSR count). The first kappa shape index (κ1) is 29.9. The Labute approximate surface area is 238 Å². The molecule has 0 aliphatic rings. The number of ether oxygens (including phenoxy) is 2. The number of anilines is 4. The number of carbonyl (C=O) groups is 4. The number of aromatic nitrogens is 3. The number of hydrogen-bond donors (Lipinski definition) is 4. The predicted molar refractivity (Wildman–Crippen MR) is 155 cm³/mol. The molecular weight excluding hydrogens is 558 g/mol. The van der Waals surface area contributed by atoms with Crippen LogP contribution in [0.15, 0.2) is 42.9 Å². The molecule has 0 radical (unpaired) electrons. The summed E-state index contributed by atoms with van der Waals surface area (Å²) in [5, 5.41) is 14.6. The number of rotatable bonds is 6. The fourth-order valence-corrected chi connectivity index (χ4v) is 5.09. The van der Waals surface area contributed by atoms with E-state index in [0.29, 0.717) is 32.6 Å². The summed E-state index contributed by atoms with van der Waals surface area (Å²) >= 11 is 2.54. The zero-order valence-corrected chi connectivity index (χ0v) is 24.3. The molecule has 0 aliphatic heterocycles. The maximum atomic E-state index is 11.9. The number of esters is 2. The minimum Gasteiger partial charge on any atom is -0.465 e. The van der Waals surface area contributed by atoms with E-state index in [1.54, 1.807) is 48.4 Å². The lowest BCUT2D eigenvalue weighted by Gasteiger charge is -2.06. The largest absolute Gasteiger partial charge is 0.465 e. The van der Waals surface area contributed by atoms with Crippen molar-refractivity contribution in [3.63, 3.8) is 0 Å². The quantitative estimate of drug-likeness (QED) is 0.230. The Bertz CT molecular complexity index is 1400. The van der Waals surface area contributed by atoms with Crippen LogP contribution in [0.5, 0.6) is 0 Å². The molecule has 0 aromatic carbocycles. The Morgan fingerprint density at radius 2 is 1.30 bits per heavy atom. The van der Waals surface area contributed by atoms with Gasteiger partial charge in [0, 0.05) is 48.5 Å². The van der Waals surface area contributed by atoms with E-state index in [1.165, 1.54) is 36.9 Å². The van der Waals surface area contributed by atoms with Gasteiger partial charge in [0.05, 0.1) is 31.3 Å². The molecule has 0 fully saturated rings. The molecule has 15 heteroatoms. The molecule has 4 heterocycles. The van der Waals surface area contributed by atoms with Gasteiger partial charge < -0.3 is 30.0 Å². The number of nitrogens with zero attached hydrogens (tertiary/aromatic N) is 3. The Morgan fingerprint density at radius 3 is 1.73 bits per heavy atom. The number of carbonyl (C=O) groups excluding carboxylic acids is 4. The summed E-state index contributed by atoms with van der Waals surface area (Å²) in [7, 11) is 6.22. The van der Waals surface area contributed by atoms with Crippen molar-refractivity contribution >= 4 is 69.6 Å². The van der Waals surface area contributed by atoms with E-state index in [4.69, 9.17) is 0 Å². The maximum absolute atomic E-state index is 11.9. The molecule has 0 atom stereocenters. The number of amides is 4. The van der Waals surface area contributed by atoms with Crippen LogP contribution >= 0.6 is 22.7 Å². The zero-order valence-electron chi connectivity index (χ0n) is 22.6. The van der Waals surface area contributed by atoms with Crippen LogP contribution in [0.2, 0.25) is 0 Å². The van der Waals surface area contributed by atoms with E-state index in [1.807, 2.05) is 31.7 Å². The molecule has 4 aromatic heterocycles. The number of nitrogens with one attached hydrogen (secondary N) is 4. The second-order valence-electron chi connectivity index (χ2n) is 8.28. The standard InChI is InChI=1S/C13H15N3O3S.C12H14N4O3S/c1-8-6-10(11(20-8)12(17)19-3)15-13(18)14-9-4-5-16(2)7-9;1-7-6-8(10(20-7)11(17)19-3)13-12(18)14-9-4-5-16(2)15-9/h4-7H,1-3H3,(H2,14,15,18);4-6H,1-3H3,(H2,13,14,15,18). The fourth-order valence-electron chi connectivity index (χ4n) is 3.32. The van der Waals surface area contributed by atoms with Gasteiger partial charge in [-0.15, -0.1) is 22.7 Å². The van der Waals surface area contributed by atoms with Crippen LogP contribution in [-0.2, 0) is 23.6 Å². The second-order valence-corrected chi connectivity index (χ2v) is 10.8. The minimum atomic E-state index is -0.476. The first-order chi connectivity index (χ1) is 19.0. The summed E-state index contributed by atoms with van der Waals surface area (Å²) in [6, 6.07) is 6.03. The average Bonchev–Trinajstić information content (AvgIpc) is 3.67. The molecule has 0 unspecified atom stereocenters. The van der Waals surface area contributed by atoms with E-state index in [-0.39, 0.29) is 0 Å². The lowest BCUT2D eigenvalue weighted by Crippen LogP contribution is -2.20. The molecule has 4 aromatic rings. The predicted octanol–water partition coefficient (Wildman–Crippen LogP) is 5.05. The summed E-state index contributed by atoms with van der Waals surface area (Å²) in [5.74, 6) is -0.508. The lowest BCUT2D eigenvalue weighted by atomic mass is 10.3. The zero-order chi connectivity index (χ0) is 29.4. The van der Waals surface area contributed by atoms with Crippen LogP contribution in [0, 0.1) is 13.8 Å². The van der Waals surface area contributed by atoms with Crippen LogP contribution in [-0.4, -0.2) is 52.6 Å². The number of methoxy groups -OCH3 is 2. The molecule has 0 aliphatic carbocycles. The van der Waals surface area contributed by atoms with Crippen molar-refractivity contribution in [3.05, 3.63) is 62.4 Å². The highest BCUT2D eigenvalue weighted by molar-refractivity contribution is 7.14. The van der Waals surface area contributed by atoms with Gasteiger partial charge in [0.25, 0.3) is 0 Å². The Balaban J connectivity index is 0.000000220. The summed E-state index contributed by atoms with van der Waals surface area (Å²) in [6.45, 7) is 3.70. The van der Waals surface area contributed by atoms with Crippen molar-refractivity contribution in [2.24, 2.45) is 14.1 Å². The average molecular weight is 588 g/mol. The normalized spacial score (nSPS) is 10.2. The van der Waals surface area contributed by atoms with Crippen molar-refractivity contribution in [3.8, 4) is 0 Å². The van der Waals surface area contributed by atoms with Gasteiger partial charge >= 0.3 is 24.0 Å². The van der Waals surface area contributed by atoms with Crippen LogP contribution in [0.25, 0.3) is 0 Å². The smallest absolute Gasteiger partial charge is 0.350 e. The second kappa shape index (κ2) is 13.4. The van der Waals surface area contributed by atoms with E-state index < -0.39 is 24.0 Å². The molecule has 212 valence electrons. The van der Waals surface area contributed by atoms with Crippen molar-refractivity contribution in [2.75, 3.05) is 35.5 Å². The topological polar surface area (TPSA) is 158 Å². The third-order valence-electron chi connectivity index (χ3n) is 4.99. The highest BCUT2D eigenvalue weighted by atomic mass is 32.1. The van der Waals surface area contributed by atoms with E-state index in [0.717, 1.165) is 9.75 Å². The number of aryl methyl sites for hydroxylation is 4. The third kappa shape index (κ3) is 8.18. The van der Waals surface area contributed by atoms with Gasteiger partial charge in [0.2, 0.25) is 0 Å². The van der Waals surface area contributed by atoms with Crippen LogP contribution in [0.1, 0.15) is 29.1 Å². The molecule has 40 heavy (non-hydrogen) atoms. The van der Waals surface area contributed by atoms with Crippen molar-refractivity contribution in [1.82, 2.24) is 14.3 Å². The monoisotopic (exact) mass is 587 g/mol. The lowest BCUT2D eigenvalue weighted by molar-refractivity contribution is 0.0598. The first-order valence-electron chi connectivity index (χ1n) is 11.6. The molecule has 4 amide bonds. The SMILES string of the molecule is COC(=O)c1sc(C)cc1NC(=O)Nc1ccn(C)c1.COC(=O)c1sc(C)cc1NC(=O)Nc1ccn(C)n1. The summed E-state index contributed by atoms with van der Waals surface area (Å²) < 4.78 is 12.8. The molecule has 0 bridgehead atoms. The summed E-state index contributed by atoms with van der Waals surface area (Å²) in [5.41, 5.74) is 1.55. The first-order valence-corrected chi connectivity index (χ1v) is 13.3. The minimum absolute atomic E-state index is 0.362. The molecule has 0 saturated heterocycles. The fraction of sp³-hybridized carbons (Fsp3) is 0.240. The van der Waals surface area contributed by atoms with Crippen LogP contribution in [0.3, 0.4) is 0 Å². The van der Waals surface area contributed by atoms with Crippen molar-refractivity contribution in [1.29, 1.82) is 0 Å². The molecule has 0 spiro atoms. The Kier molecular flexibility index (Phi) is 10.1. The molecule has 4 N–H and O–H groups in total. The highest BCUT2D eigenvalue weighted by Crippen LogP contribution is 2.28. The number of urea groups is 2. The highest BCUT2D eigenvalue weighted by Gasteiger charge is 2.18. The van der Waals surface area contributed by atoms with Gasteiger partial charge in [-0.2, -0.15) is 5.10 Å². The van der Waals surface area contributed by atoms with Crippen molar-refractivity contribution in [2.45, 2.75) is 13.8 Å². The number of hydrogen-bond acceptors (Lipinski definition) is 9. The number of thiophene rings is 2. The third-order valence-corrected chi connectivity index (χ3v) is 7.05. The molecule has 0 saturated carbocycles. The van der Waals surface area contributed by atoms with E-state index >= 15 is 0 Å². The molecule has 13 nitrogen and oxygen atoms in total. The summed E-state index contributed by atoms with van der Waals surface area (Å²) in [6.07, 6.45) is 5.31. The maximum Gasteiger partial charge on any atom is 0.350 e. The van der Waals surface area contributed by atoms with Crippen LogP contribution in [0.4, 0.5) is 32.5 Å². The van der Waals surface area contributed by atoms with Gasteiger partial charge in [0.1, 0.15) is 9.75 Å². The summed E-state index contributed by atoms with van der Waals surface area (Å²) in [4.78, 5) is 49.5. The van der Waals surface area contributed by atoms with E-state index in [9.17, 15) is 19.2 Å². The van der Waals surface area contributed by atoms with Crippen molar-refractivity contribution < 1.29 is 28.7 Å². The van der Waals surface area contributed by atoms with Gasteiger partial charge in [-0.25, -0.2) is 19.2 Å². The van der Waals surface area contributed by atoms with E-state index in [2.05, 4.69) is 35.8 Å². The van der Waals surface area contributed by atoms with Crippen LogP contribution < -0.4 is 21.3 Å². The van der Waals surface area contributed by atoms with Gasteiger partial charge in [-0.1, -0.05) is 0 Å². The van der Waals surface area contributed by atoms with Gasteiger partial charge in [0.15, 0.2) is 5.82 Å².